The van der Waals surface area contributed by atoms with Gasteiger partial charge in [0.25, 0.3) is 0 Å². The fraction of sp³-hybridized carbons (Fsp3) is 0.0556. The Morgan fingerprint density at radius 2 is 1.95 bits per heavy atom. The highest BCUT2D eigenvalue weighted by atomic mass is 16.6. The molecule has 0 N–H and O–H groups in total. The van der Waals surface area contributed by atoms with Crippen LogP contribution in [0.2, 0.25) is 0 Å². The van der Waals surface area contributed by atoms with E-state index >= 15 is 0 Å². The molecule has 0 saturated carbocycles. The maximum Gasteiger partial charge on any atom is 0.363 e. The Bertz CT molecular complexity index is 840. The predicted octanol–water partition coefficient (Wildman–Crippen LogP) is 3.21. The van der Waals surface area contributed by atoms with Crippen LogP contribution >= 0.6 is 0 Å². The molecule has 3 rings (SSSR count). The minimum absolute atomic E-state index is 0.251. The van der Waals surface area contributed by atoms with Crippen LogP contribution in [0.1, 0.15) is 22.3 Å². The summed E-state index contributed by atoms with van der Waals surface area (Å²) >= 11 is 0. The van der Waals surface area contributed by atoms with Gasteiger partial charge >= 0.3 is 5.97 Å². The van der Waals surface area contributed by atoms with Crippen LogP contribution in [0.25, 0.3) is 6.08 Å². The summed E-state index contributed by atoms with van der Waals surface area (Å²) in [5.74, 6) is -0.158. The minimum Gasteiger partial charge on any atom is -0.402 e. The smallest absolute Gasteiger partial charge is 0.363 e. The fourth-order valence-corrected chi connectivity index (χ4v) is 2.12. The normalized spacial score (nSPS) is 15.4. The topological polar surface area (TPSA) is 62.5 Å². The molecule has 0 fully saturated rings. The first-order chi connectivity index (χ1) is 10.7. The van der Waals surface area contributed by atoms with Crippen LogP contribution in [0.5, 0.6) is 0 Å². The highest BCUT2D eigenvalue weighted by Crippen LogP contribution is 2.19. The SMILES string of the molecule is Cc1cccc(C2=N/C(=C/c3ccc(C#N)cc3)C(=O)O2)c1. The molecule has 0 radical (unpaired) electrons. The maximum atomic E-state index is 11.9. The largest absolute Gasteiger partial charge is 0.402 e. The number of aryl methyl sites for hydroxylation is 1. The van der Waals surface area contributed by atoms with Crippen molar-refractivity contribution in [1.29, 1.82) is 5.26 Å². The number of benzene rings is 2. The molecule has 0 atom stereocenters. The lowest BCUT2D eigenvalue weighted by Gasteiger charge is -1.99. The van der Waals surface area contributed by atoms with Crippen molar-refractivity contribution >= 4 is 17.9 Å². The van der Waals surface area contributed by atoms with Crippen molar-refractivity contribution in [2.75, 3.05) is 0 Å². The maximum absolute atomic E-state index is 11.9. The molecule has 0 bridgehead atoms. The zero-order valence-electron chi connectivity index (χ0n) is 11.9. The molecule has 0 unspecified atom stereocenters. The number of carbonyl (C=O) groups excluding carboxylic acids is 1. The molecule has 4 nitrogen and oxygen atoms in total. The Morgan fingerprint density at radius 3 is 2.64 bits per heavy atom. The lowest BCUT2D eigenvalue weighted by Crippen LogP contribution is -2.05. The van der Waals surface area contributed by atoms with Crippen molar-refractivity contribution in [3.8, 4) is 6.07 Å². The average molecular weight is 288 g/mol. The number of hydrogen-bond donors (Lipinski definition) is 0. The van der Waals surface area contributed by atoms with E-state index in [1.54, 1.807) is 30.3 Å². The van der Waals surface area contributed by atoms with E-state index < -0.39 is 5.97 Å². The van der Waals surface area contributed by atoms with Crippen LogP contribution < -0.4 is 0 Å². The molecule has 1 heterocycles. The molecule has 4 heteroatoms. The Kier molecular flexibility index (Phi) is 3.55. The first-order valence-corrected chi connectivity index (χ1v) is 6.75. The second-order valence-corrected chi connectivity index (χ2v) is 4.94. The van der Waals surface area contributed by atoms with E-state index in [-0.39, 0.29) is 5.70 Å². The van der Waals surface area contributed by atoms with Crippen LogP contribution in [0.4, 0.5) is 0 Å². The van der Waals surface area contributed by atoms with Crippen molar-refractivity contribution in [3.63, 3.8) is 0 Å². The molecular formula is C18H12N2O2. The van der Waals surface area contributed by atoms with Crippen LogP contribution in [0.15, 0.2) is 59.2 Å². The first kappa shape index (κ1) is 13.8. The van der Waals surface area contributed by atoms with E-state index in [2.05, 4.69) is 11.1 Å². The van der Waals surface area contributed by atoms with E-state index in [4.69, 9.17) is 10.00 Å². The number of hydrogen-bond acceptors (Lipinski definition) is 4. The van der Waals surface area contributed by atoms with E-state index in [0.29, 0.717) is 11.5 Å². The van der Waals surface area contributed by atoms with Gasteiger partial charge in [-0.25, -0.2) is 9.79 Å². The highest BCUT2D eigenvalue weighted by molar-refractivity contribution is 6.12. The monoisotopic (exact) mass is 288 g/mol. The molecule has 0 aliphatic carbocycles. The summed E-state index contributed by atoms with van der Waals surface area (Å²) in [6.45, 7) is 1.97. The molecule has 0 spiro atoms. The van der Waals surface area contributed by atoms with Gasteiger partial charge in [0.15, 0.2) is 5.70 Å². The molecule has 0 saturated heterocycles. The standard InChI is InChI=1S/C18H12N2O2/c1-12-3-2-4-15(9-12)17-20-16(18(21)22-17)10-13-5-7-14(11-19)8-6-13/h2-10H,1H3/b16-10+. The van der Waals surface area contributed by atoms with Crippen molar-refractivity contribution < 1.29 is 9.53 Å². The zero-order valence-corrected chi connectivity index (χ0v) is 11.9. The number of ether oxygens (including phenoxy) is 1. The van der Waals surface area contributed by atoms with Crippen molar-refractivity contribution in [2.45, 2.75) is 6.92 Å². The van der Waals surface area contributed by atoms with Gasteiger partial charge in [0.1, 0.15) is 0 Å². The predicted molar refractivity (Wildman–Crippen MR) is 82.9 cm³/mol. The van der Waals surface area contributed by atoms with Crippen LogP contribution in [0.3, 0.4) is 0 Å². The summed E-state index contributed by atoms with van der Waals surface area (Å²) in [6, 6.07) is 16.6. The lowest BCUT2D eigenvalue weighted by molar-refractivity contribution is -0.129. The van der Waals surface area contributed by atoms with Crippen molar-refractivity contribution in [2.24, 2.45) is 4.99 Å². The lowest BCUT2D eigenvalue weighted by atomic mass is 10.1. The Hall–Kier alpha value is -3.19. The summed E-state index contributed by atoms with van der Waals surface area (Å²) in [7, 11) is 0. The summed E-state index contributed by atoms with van der Waals surface area (Å²) in [5, 5.41) is 8.78. The van der Waals surface area contributed by atoms with Gasteiger partial charge < -0.3 is 4.74 Å². The van der Waals surface area contributed by atoms with Gasteiger partial charge in [-0.3, -0.25) is 0 Å². The summed E-state index contributed by atoms with van der Waals surface area (Å²) in [6.07, 6.45) is 1.65. The van der Waals surface area contributed by atoms with Crippen molar-refractivity contribution in [3.05, 3.63) is 76.5 Å². The summed E-state index contributed by atoms with van der Waals surface area (Å²) in [5.41, 5.74) is 3.46. The number of nitrogens with zero attached hydrogens (tertiary/aromatic N) is 2. The number of nitriles is 1. The fourth-order valence-electron chi connectivity index (χ4n) is 2.12. The molecule has 0 aromatic heterocycles. The Morgan fingerprint density at radius 1 is 1.18 bits per heavy atom. The van der Waals surface area contributed by atoms with Gasteiger partial charge in [0.05, 0.1) is 11.6 Å². The number of rotatable bonds is 2. The summed E-state index contributed by atoms with van der Waals surface area (Å²) in [4.78, 5) is 16.2. The van der Waals surface area contributed by atoms with Gasteiger partial charge in [0.2, 0.25) is 5.90 Å². The third-order valence-corrected chi connectivity index (χ3v) is 3.23. The summed E-state index contributed by atoms with van der Waals surface area (Å²) < 4.78 is 5.22. The highest BCUT2D eigenvalue weighted by Gasteiger charge is 2.24. The van der Waals surface area contributed by atoms with Gasteiger partial charge in [-0.2, -0.15) is 5.26 Å². The van der Waals surface area contributed by atoms with Gasteiger partial charge in [-0.05, 0) is 42.8 Å². The first-order valence-electron chi connectivity index (χ1n) is 6.75. The Labute approximate surface area is 128 Å². The molecule has 1 aliphatic rings. The number of esters is 1. The van der Waals surface area contributed by atoms with E-state index in [1.165, 1.54) is 0 Å². The zero-order chi connectivity index (χ0) is 15.5. The Balaban J connectivity index is 1.92. The van der Waals surface area contributed by atoms with E-state index in [9.17, 15) is 4.79 Å². The van der Waals surface area contributed by atoms with Crippen LogP contribution in [-0.4, -0.2) is 11.9 Å². The van der Waals surface area contributed by atoms with E-state index in [1.807, 2.05) is 31.2 Å². The van der Waals surface area contributed by atoms with Crippen LogP contribution in [0, 0.1) is 18.3 Å². The van der Waals surface area contributed by atoms with Crippen molar-refractivity contribution in [1.82, 2.24) is 0 Å². The van der Waals surface area contributed by atoms with Gasteiger partial charge in [-0.1, -0.05) is 29.8 Å². The number of carbonyl (C=O) groups is 1. The molecule has 0 amide bonds. The van der Waals surface area contributed by atoms with E-state index in [0.717, 1.165) is 16.7 Å². The third-order valence-electron chi connectivity index (χ3n) is 3.23. The molecule has 2 aromatic carbocycles. The van der Waals surface area contributed by atoms with Crippen LogP contribution in [-0.2, 0) is 9.53 Å². The second-order valence-electron chi connectivity index (χ2n) is 4.94. The minimum atomic E-state index is -0.471. The third kappa shape index (κ3) is 2.79. The molecule has 106 valence electrons. The van der Waals surface area contributed by atoms with Gasteiger partial charge in [-0.15, -0.1) is 0 Å². The average Bonchev–Trinajstić information content (AvgIpc) is 2.89. The number of cyclic esters (lactones) is 1. The molecule has 22 heavy (non-hydrogen) atoms. The number of aliphatic imine (C=N–C) groups is 1. The second kappa shape index (κ2) is 5.66. The molecule has 1 aliphatic heterocycles. The molecule has 2 aromatic rings. The quantitative estimate of drug-likeness (QED) is 0.629. The molecular weight excluding hydrogens is 276 g/mol. The van der Waals surface area contributed by atoms with Gasteiger partial charge in [0, 0.05) is 5.56 Å².